The summed E-state index contributed by atoms with van der Waals surface area (Å²) in [4.78, 5) is 18.0. The monoisotopic (exact) mass is 528 g/mol. The molecule has 0 atom stereocenters. The molecule has 3 aromatic heterocycles. The van der Waals surface area contributed by atoms with Gasteiger partial charge >= 0.3 is 0 Å². The number of aryl methyl sites for hydroxylation is 1. The molecule has 194 valence electrons. The van der Waals surface area contributed by atoms with Gasteiger partial charge < -0.3 is 15.2 Å². The lowest BCUT2D eigenvalue weighted by Crippen LogP contribution is -2.44. The van der Waals surface area contributed by atoms with Crippen LogP contribution in [0.2, 0.25) is 5.15 Å². The van der Waals surface area contributed by atoms with E-state index < -0.39 is 0 Å². The van der Waals surface area contributed by atoms with E-state index >= 15 is 0 Å². The summed E-state index contributed by atoms with van der Waals surface area (Å²) >= 11 is 6.39. The van der Waals surface area contributed by atoms with Crippen LogP contribution in [-0.2, 0) is 19.0 Å². The minimum atomic E-state index is -0.345. The van der Waals surface area contributed by atoms with E-state index in [0.717, 1.165) is 42.6 Å². The van der Waals surface area contributed by atoms with E-state index in [-0.39, 0.29) is 16.9 Å². The van der Waals surface area contributed by atoms with Crippen molar-refractivity contribution in [2.24, 2.45) is 13.0 Å². The molecule has 0 radical (unpaired) electrons. The maximum atomic E-state index is 13.6. The fourth-order valence-electron chi connectivity index (χ4n) is 5.61. The van der Waals surface area contributed by atoms with Crippen LogP contribution in [0, 0.1) is 17.2 Å². The SMILES string of the molecule is Cn1cnnc1C1(c2cccc(NC(=O)c3cc(CNC4(C)CC4)cn4c(Cl)cnc34)c2)CC(CC#N)C1. The Morgan fingerprint density at radius 1 is 1.29 bits per heavy atom. The van der Waals surface area contributed by atoms with Gasteiger partial charge in [-0.2, -0.15) is 5.26 Å². The van der Waals surface area contributed by atoms with Gasteiger partial charge in [-0.05, 0) is 67.9 Å². The number of amides is 1. The summed E-state index contributed by atoms with van der Waals surface area (Å²) in [5.74, 6) is 0.925. The lowest BCUT2D eigenvalue weighted by atomic mass is 9.57. The van der Waals surface area contributed by atoms with Gasteiger partial charge in [0.25, 0.3) is 5.91 Å². The van der Waals surface area contributed by atoms with Crippen LogP contribution >= 0.6 is 11.6 Å². The lowest BCUT2D eigenvalue weighted by Gasteiger charge is -2.46. The van der Waals surface area contributed by atoms with Crippen molar-refractivity contribution in [3.63, 3.8) is 0 Å². The Morgan fingerprint density at radius 3 is 2.82 bits per heavy atom. The minimum absolute atomic E-state index is 0.170. The number of carbonyl (C=O) groups is 1. The fourth-order valence-corrected chi connectivity index (χ4v) is 5.79. The number of carbonyl (C=O) groups excluding carboxylic acids is 1. The molecule has 0 aliphatic heterocycles. The zero-order valence-corrected chi connectivity index (χ0v) is 22.2. The van der Waals surface area contributed by atoms with Crippen molar-refractivity contribution < 1.29 is 4.79 Å². The van der Waals surface area contributed by atoms with Gasteiger partial charge in [-0.25, -0.2) is 4.98 Å². The van der Waals surface area contributed by atoms with Crippen LogP contribution in [0.4, 0.5) is 5.69 Å². The van der Waals surface area contributed by atoms with Gasteiger partial charge in [0, 0.05) is 37.4 Å². The van der Waals surface area contributed by atoms with Gasteiger partial charge in [-0.1, -0.05) is 23.7 Å². The zero-order chi connectivity index (χ0) is 26.5. The molecule has 2 saturated carbocycles. The maximum Gasteiger partial charge on any atom is 0.259 e. The lowest BCUT2D eigenvalue weighted by molar-refractivity contribution is 0.102. The molecular weight excluding hydrogens is 500 g/mol. The van der Waals surface area contributed by atoms with Gasteiger partial charge in [0.1, 0.15) is 17.3 Å². The highest BCUT2D eigenvalue weighted by Gasteiger charge is 2.49. The molecule has 10 heteroatoms. The Balaban J connectivity index is 1.30. The van der Waals surface area contributed by atoms with Crippen molar-refractivity contribution in [2.45, 2.75) is 56.5 Å². The number of anilines is 1. The number of fused-ring (bicyclic) bond motifs is 1. The van der Waals surface area contributed by atoms with E-state index in [1.54, 1.807) is 16.9 Å². The predicted octanol–water partition coefficient (Wildman–Crippen LogP) is 4.62. The molecule has 2 fully saturated rings. The van der Waals surface area contributed by atoms with Gasteiger partial charge in [-0.3, -0.25) is 9.20 Å². The average Bonchev–Trinajstić information content (AvgIpc) is 3.28. The van der Waals surface area contributed by atoms with E-state index in [0.29, 0.717) is 40.9 Å². The number of nitrogens with zero attached hydrogens (tertiary/aromatic N) is 6. The molecule has 1 aromatic carbocycles. The number of pyridine rings is 1. The average molecular weight is 529 g/mol. The van der Waals surface area contributed by atoms with Gasteiger partial charge in [0.15, 0.2) is 5.65 Å². The number of hydrogen-bond donors (Lipinski definition) is 2. The molecule has 1 amide bonds. The molecular formula is C28H29ClN8O. The second-order valence-corrected chi connectivity index (χ2v) is 11.4. The summed E-state index contributed by atoms with van der Waals surface area (Å²) in [5, 5.41) is 24.8. The summed E-state index contributed by atoms with van der Waals surface area (Å²) in [5.41, 5.74) is 3.49. The van der Waals surface area contributed by atoms with E-state index in [4.69, 9.17) is 11.6 Å². The molecule has 2 aliphatic carbocycles. The third-order valence-electron chi connectivity index (χ3n) is 8.05. The Hall–Kier alpha value is -3.74. The van der Waals surface area contributed by atoms with Crippen molar-refractivity contribution in [2.75, 3.05) is 5.32 Å². The highest BCUT2D eigenvalue weighted by molar-refractivity contribution is 6.30. The first-order valence-corrected chi connectivity index (χ1v) is 13.2. The van der Waals surface area contributed by atoms with Crippen LogP contribution in [0.3, 0.4) is 0 Å². The molecule has 4 aromatic rings. The third-order valence-corrected chi connectivity index (χ3v) is 8.33. The van der Waals surface area contributed by atoms with Crippen LogP contribution in [0.15, 0.2) is 49.1 Å². The molecule has 3 heterocycles. The van der Waals surface area contributed by atoms with E-state index in [1.807, 2.05) is 42.1 Å². The summed E-state index contributed by atoms with van der Waals surface area (Å²) in [6.07, 6.45) is 9.63. The molecule has 2 N–H and O–H groups in total. The number of nitrogens with one attached hydrogen (secondary N) is 2. The summed E-state index contributed by atoms with van der Waals surface area (Å²) in [6, 6.07) is 12.1. The summed E-state index contributed by atoms with van der Waals surface area (Å²) in [6.45, 7) is 2.84. The van der Waals surface area contributed by atoms with Crippen molar-refractivity contribution in [3.05, 3.63) is 76.7 Å². The Kier molecular flexibility index (Phi) is 5.97. The largest absolute Gasteiger partial charge is 0.322 e. The Morgan fingerprint density at radius 2 is 2.11 bits per heavy atom. The molecule has 0 spiro atoms. The predicted molar refractivity (Wildman–Crippen MR) is 144 cm³/mol. The molecule has 0 bridgehead atoms. The van der Waals surface area contributed by atoms with Crippen molar-refractivity contribution >= 4 is 28.8 Å². The number of rotatable bonds is 8. The Labute approximate surface area is 225 Å². The van der Waals surface area contributed by atoms with Crippen LogP contribution in [0.5, 0.6) is 0 Å². The molecule has 0 saturated heterocycles. The van der Waals surface area contributed by atoms with E-state index in [2.05, 4.69) is 44.9 Å². The second-order valence-electron chi connectivity index (χ2n) is 11.0. The highest BCUT2D eigenvalue weighted by atomic mass is 35.5. The maximum absolute atomic E-state index is 13.6. The van der Waals surface area contributed by atoms with Crippen LogP contribution in [-0.4, -0.2) is 35.6 Å². The van der Waals surface area contributed by atoms with Crippen molar-refractivity contribution in [1.82, 2.24) is 29.5 Å². The number of imidazole rings is 1. The van der Waals surface area contributed by atoms with Crippen LogP contribution < -0.4 is 10.6 Å². The first kappa shape index (κ1) is 24.6. The first-order valence-electron chi connectivity index (χ1n) is 12.8. The third kappa shape index (κ3) is 4.34. The molecule has 2 aliphatic rings. The van der Waals surface area contributed by atoms with E-state index in [1.165, 1.54) is 0 Å². The van der Waals surface area contributed by atoms with Crippen molar-refractivity contribution in [3.8, 4) is 6.07 Å². The fraction of sp³-hybridized carbons (Fsp3) is 0.393. The molecule has 6 rings (SSSR count). The van der Waals surface area contributed by atoms with Crippen LogP contribution in [0.1, 0.15) is 66.3 Å². The topological polar surface area (TPSA) is 113 Å². The molecule has 9 nitrogen and oxygen atoms in total. The number of benzene rings is 1. The van der Waals surface area contributed by atoms with Crippen LogP contribution in [0.25, 0.3) is 5.65 Å². The first-order chi connectivity index (χ1) is 18.3. The number of aromatic nitrogens is 5. The molecule has 0 unspecified atom stereocenters. The summed E-state index contributed by atoms with van der Waals surface area (Å²) in [7, 11) is 1.94. The summed E-state index contributed by atoms with van der Waals surface area (Å²) < 4.78 is 3.69. The Bertz CT molecular complexity index is 1570. The van der Waals surface area contributed by atoms with Gasteiger partial charge in [0.05, 0.1) is 23.2 Å². The highest BCUT2D eigenvalue weighted by Crippen LogP contribution is 2.53. The number of hydrogen-bond acceptors (Lipinski definition) is 6. The van der Waals surface area contributed by atoms with E-state index in [9.17, 15) is 10.1 Å². The smallest absolute Gasteiger partial charge is 0.259 e. The normalized spacial score (nSPS) is 21.6. The van der Waals surface area contributed by atoms with Gasteiger partial charge in [-0.15, -0.1) is 10.2 Å². The number of nitriles is 1. The second kappa shape index (κ2) is 9.22. The molecule has 38 heavy (non-hydrogen) atoms. The zero-order valence-electron chi connectivity index (χ0n) is 21.4. The number of halogens is 1. The van der Waals surface area contributed by atoms with Crippen molar-refractivity contribution in [1.29, 1.82) is 5.26 Å². The standard InChI is InChI=1S/C28H29ClN8O/c1-27(7-8-27)32-14-19-10-22(24-31-15-23(29)37(24)16-19)25(38)34-21-5-3-4-20(11-21)28(12-18(13-28)6-9-30)26-35-33-17-36(26)2/h3-5,10-11,15-18,32H,6-8,12-14H2,1-2H3,(H,34,38). The van der Waals surface area contributed by atoms with Gasteiger partial charge in [0.2, 0.25) is 0 Å². The minimum Gasteiger partial charge on any atom is -0.322 e. The quantitative estimate of drug-likeness (QED) is 0.345.